The molecule has 1 aliphatic rings. The van der Waals surface area contributed by atoms with E-state index in [-0.39, 0.29) is 5.66 Å². The molecule has 0 bridgehead atoms. The number of hydrogen-bond acceptors (Lipinski definition) is 1. The van der Waals surface area contributed by atoms with E-state index in [9.17, 15) is 0 Å². The summed E-state index contributed by atoms with van der Waals surface area (Å²) in [5.41, 5.74) is 6.65. The lowest BCUT2D eigenvalue weighted by Gasteiger charge is -2.40. The minimum absolute atomic E-state index is 0.115. The van der Waals surface area contributed by atoms with Gasteiger partial charge in [-0.15, -0.1) is 0 Å². The number of quaternary nitrogens is 1. The first-order chi connectivity index (χ1) is 6.73. The second-order valence-electron chi connectivity index (χ2n) is 4.82. The maximum absolute atomic E-state index is 6.54. The normalized spacial score (nSPS) is 21.4. The molecule has 1 saturated carbocycles. The van der Waals surface area contributed by atoms with Crippen LogP contribution in [-0.4, -0.2) is 18.8 Å². The van der Waals surface area contributed by atoms with E-state index in [0.29, 0.717) is 0 Å². The molecule has 2 heteroatoms. The van der Waals surface area contributed by atoms with Gasteiger partial charge in [-0.05, 0) is 25.7 Å². The van der Waals surface area contributed by atoms with E-state index in [0.717, 1.165) is 0 Å². The highest BCUT2D eigenvalue weighted by Crippen LogP contribution is 2.21. The Kier molecular flexibility index (Phi) is 4.90. The number of nitrogens with two attached hydrogens (primary N) is 1. The van der Waals surface area contributed by atoms with Gasteiger partial charge in [0, 0.05) is 12.8 Å². The number of rotatable bonds is 5. The van der Waals surface area contributed by atoms with Crippen LogP contribution in [0.4, 0.5) is 0 Å². The summed E-state index contributed by atoms with van der Waals surface area (Å²) < 4.78 is 0. The molecule has 1 fully saturated rings. The zero-order valence-electron chi connectivity index (χ0n) is 9.94. The van der Waals surface area contributed by atoms with Gasteiger partial charge in [0.1, 0.15) is 5.66 Å². The van der Waals surface area contributed by atoms with Crippen LogP contribution in [-0.2, 0) is 0 Å². The van der Waals surface area contributed by atoms with Crippen molar-refractivity contribution in [2.75, 3.05) is 13.1 Å². The molecule has 0 amide bonds. The van der Waals surface area contributed by atoms with E-state index < -0.39 is 0 Å². The fourth-order valence-electron chi connectivity index (χ4n) is 2.76. The van der Waals surface area contributed by atoms with Crippen LogP contribution < -0.4 is 10.6 Å². The van der Waals surface area contributed by atoms with Gasteiger partial charge in [0.25, 0.3) is 0 Å². The van der Waals surface area contributed by atoms with Crippen LogP contribution >= 0.6 is 0 Å². The molecule has 0 aliphatic heterocycles. The van der Waals surface area contributed by atoms with Crippen molar-refractivity contribution in [3.8, 4) is 0 Å². The number of hydrogen-bond donors (Lipinski definition) is 2. The van der Waals surface area contributed by atoms with Crippen LogP contribution in [0.25, 0.3) is 0 Å². The summed E-state index contributed by atoms with van der Waals surface area (Å²) in [7, 11) is 0. The van der Waals surface area contributed by atoms with Crippen LogP contribution in [0.5, 0.6) is 0 Å². The summed E-state index contributed by atoms with van der Waals surface area (Å²) >= 11 is 0. The van der Waals surface area contributed by atoms with Crippen molar-refractivity contribution in [1.29, 1.82) is 0 Å². The van der Waals surface area contributed by atoms with E-state index in [2.05, 4.69) is 13.8 Å². The van der Waals surface area contributed by atoms with E-state index in [1.807, 2.05) is 0 Å². The molecular formula is C12H27N2+. The van der Waals surface area contributed by atoms with Crippen molar-refractivity contribution >= 4 is 0 Å². The Bertz CT molecular complexity index is 144. The second kappa shape index (κ2) is 5.72. The average Bonchev–Trinajstić information content (AvgIpc) is 2.19. The summed E-state index contributed by atoms with van der Waals surface area (Å²) in [6, 6.07) is 0. The zero-order valence-corrected chi connectivity index (χ0v) is 9.94. The summed E-state index contributed by atoms with van der Waals surface area (Å²) in [6.45, 7) is 7.04. The highest BCUT2D eigenvalue weighted by molar-refractivity contribution is 4.76. The van der Waals surface area contributed by atoms with Gasteiger partial charge in [-0.1, -0.05) is 20.3 Å². The van der Waals surface area contributed by atoms with Gasteiger partial charge < -0.3 is 4.90 Å². The van der Waals surface area contributed by atoms with Crippen LogP contribution in [0.15, 0.2) is 0 Å². The van der Waals surface area contributed by atoms with Crippen LogP contribution in [0.1, 0.15) is 58.8 Å². The van der Waals surface area contributed by atoms with Crippen molar-refractivity contribution in [2.24, 2.45) is 5.73 Å². The molecule has 0 heterocycles. The predicted octanol–water partition coefficient (Wildman–Crippen LogP) is 1.31. The Hall–Kier alpha value is -0.0800. The molecule has 0 aromatic carbocycles. The lowest BCUT2D eigenvalue weighted by Crippen LogP contribution is -3.22. The third kappa shape index (κ3) is 2.96. The van der Waals surface area contributed by atoms with Gasteiger partial charge in [0.15, 0.2) is 0 Å². The molecule has 1 rings (SSSR count). The smallest absolute Gasteiger partial charge is 0.148 e. The van der Waals surface area contributed by atoms with Crippen molar-refractivity contribution in [2.45, 2.75) is 64.5 Å². The molecule has 14 heavy (non-hydrogen) atoms. The SMILES string of the molecule is CCC[NH+](CCC)C1(N)CCCCC1. The fourth-order valence-corrected chi connectivity index (χ4v) is 2.76. The fraction of sp³-hybridized carbons (Fsp3) is 1.00. The molecule has 0 unspecified atom stereocenters. The van der Waals surface area contributed by atoms with Crippen LogP contribution in [0, 0.1) is 0 Å². The van der Waals surface area contributed by atoms with Gasteiger partial charge >= 0.3 is 0 Å². The van der Waals surface area contributed by atoms with Gasteiger partial charge in [-0.25, -0.2) is 0 Å². The van der Waals surface area contributed by atoms with Crippen LogP contribution in [0.3, 0.4) is 0 Å². The summed E-state index contributed by atoms with van der Waals surface area (Å²) in [4.78, 5) is 1.65. The predicted molar refractivity (Wildman–Crippen MR) is 61.3 cm³/mol. The molecular weight excluding hydrogens is 172 g/mol. The first-order valence-corrected chi connectivity index (χ1v) is 6.37. The standard InChI is InChI=1S/C12H26N2/c1-3-10-14(11-4-2)12(13)8-6-5-7-9-12/h3-11,13H2,1-2H3/p+1. The van der Waals surface area contributed by atoms with Crippen molar-refractivity contribution in [3.05, 3.63) is 0 Å². The highest BCUT2D eigenvalue weighted by Gasteiger charge is 2.36. The Balaban J connectivity index is 2.53. The van der Waals surface area contributed by atoms with E-state index in [4.69, 9.17) is 5.73 Å². The lowest BCUT2D eigenvalue weighted by molar-refractivity contribution is -0.955. The maximum atomic E-state index is 6.54. The highest BCUT2D eigenvalue weighted by atomic mass is 15.3. The lowest BCUT2D eigenvalue weighted by atomic mass is 9.88. The third-order valence-electron chi connectivity index (χ3n) is 3.55. The van der Waals surface area contributed by atoms with Crippen molar-refractivity contribution < 1.29 is 4.90 Å². The summed E-state index contributed by atoms with van der Waals surface area (Å²) in [5, 5.41) is 0. The molecule has 0 saturated heterocycles. The zero-order chi connectivity index (χ0) is 10.4. The molecule has 0 aromatic heterocycles. The summed E-state index contributed by atoms with van der Waals surface area (Å²) in [5.74, 6) is 0. The van der Waals surface area contributed by atoms with Crippen molar-refractivity contribution in [1.82, 2.24) is 0 Å². The van der Waals surface area contributed by atoms with Crippen molar-refractivity contribution in [3.63, 3.8) is 0 Å². The minimum atomic E-state index is 0.115. The second-order valence-corrected chi connectivity index (χ2v) is 4.82. The quantitative estimate of drug-likeness (QED) is 0.643. The topological polar surface area (TPSA) is 30.5 Å². The molecule has 3 N–H and O–H groups in total. The first kappa shape index (κ1) is 12.0. The summed E-state index contributed by atoms with van der Waals surface area (Å²) in [6.07, 6.45) is 9.07. The van der Waals surface area contributed by atoms with Gasteiger partial charge in [-0.3, -0.25) is 5.73 Å². The first-order valence-electron chi connectivity index (χ1n) is 6.37. The molecule has 1 aliphatic carbocycles. The van der Waals surface area contributed by atoms with E-state index >= 15 is 0 Å². The third-order valence-corrected chi connectivity index (χ3v) is 3.55. The van der Waals surface area contributed by atoms with E-state index in [1.165, 1.54) is 58.0 Å². The Morgan fingerprint density at radius 3 is 1.93 bits per heavy atom. The Morgan fingerprint density at radius 1 is 1.00 bits per heavy atom. The van der Waals surface area contributed by atoms with Gasteiger partial charge in [0.2, 0.25) is 0 Å². The number of nitrogens with one attached hydrogen (secondary N) is 1. The minimum Gasteiger partial charge on any atom is -0.318 e. The molecule has 0 radical (unpaired) electrons. The maximum Gasteiger partial charge on any atom is 0.148 e. The molecule has 2 nitrogen and oxygen atoms in total. The average molecular weight is 199 g/mol. The van der Waals surface area contributed by atoms with Gasteiger partial charge in [-0.2, -0.15) is 0 Å². The molecule has 0 spiro atoms. The van der Waals surface area contributed by atoms with E-state index in [1.54, 1.807) is 4.90 Å². The van der Waals surface area contributed by atoms with Gasteiger partial charge in [0.05, 0.1) is 13.1 Å². The van der Waals surface area contributed by atoms with Crippen LogP contribution in [0.2, 0.25) is 0 Å². The largest absolute Gasteiger partial charge is 0.318 e. The Labute approximate surface area is 88.8 Å². The Morgan fingerprint density at radius 2 is 1.50 bits per heavy atom. The molecule has 84 valence electrons. The monoisotopic (exact) mass is 199 g/mol. The molecule has 0 atom stereocenters. The molecule has 0 aromatic rings.